The summed E-state index contributed by atoms with van der Waals surface area (Å²) >= 11 is 3.46. The molecule has 96 valence electrons. The third kappa shape index (κ3) is 2.13. The van der Waals surface area contributed by atoms with Crippen molar-refractivity contribution in [3.05, 3.63) is 33.8 Å². The van der Waals surface area contributed by atoms with Gasteiger partial charge in [-0.3, -0.25) is 4.79 Å². The minimum Gasteiger partial charge on any atom is -0.378 e. The standard InChI is InChI=1S/C14H16BrNO2/c1-8-6-18-7-13(16-8)12-5-9-4-10(15)2-3-11(9)14(12)17/h2-4,8,12-13,16H,5-7H2,1H3. The van der Waals surface area contributed by atoms with Crippen molar-refractivity contribution >= 4 is 21.7 Å². The Balaban J connectivity index is 1.83. The van der Waals surface area contributed by atoms with Gasteiger partial charge in [0.2, 0.25) is 0 Å². The van der Waals surface area contributed by atoms with E-state index in [1.807, 2.05) is 12.1 Å². The minimum atomic E-state index is 0.0250. The van der Waals surface area contributed by atoms with Gasteiger partial charge in [0.05, 0.1) is 13.2 Å². The van der Waals surface area contributed by atoms with Gasteiger partial charge in [0, 0.05) is 28.0 Å². The molecule has 1 saturated heterocycles. The Bertz CT molecular complexity index is 489. The Morgan fingerprint density at radius 1 is 1.39 bits per heavy atom. The van der Waals surface area contributed by atoms with Gasteiger partial charge in [-0.05, 0) is 31.0 Å². The topological polar surface area (TPSA) is 38.3 Å². The zero-order valence-corrected chi connectivity index (χ0v) is 11.9. The van der Waals surface area contributed by atoms with E-state index in [1.54, 1.807) is 0 Å². The van der Waals surface area contributed by atoms with E-state index in [0.29, 0.717) is 12.6 Å². The molecular weight excluding hydrogens is 294 g/mol. The Morgan fingerprint density at radius 2 is 2.22 bits per heavy atom. The number of morpholine rings is 1. The molecule has 3 nitrogen and oxygen atoms in total. The van der Waals surface area contributed by atoms with Crippen molar-refractivity contribution in [1.29, 1.82) is 0 Å². The van der Waals surface area contributed by atoms with Crippen LogP contribution in [0.4, 0.5) is 0 Å². The fourth-order valence-corrected chi connectivity index (χ4v) is 3.30. The van der Waals surface area contributed by atoms with Crippen molar-refractivity contribution in [3.8, 4) is 0 Å². The maximum atomic E-state index is 12.4. The number of carbonyl (C=O) groups excluding carboxylic acids is 1. The first-order chi connectivity index (χ1) is 8.65. The predicted molar refractivity (Wildman–Crippen MR) is 72.9 cm³/mol. The zero-order valence-electron chi connectivity index (χ0n) is 10.3. The maximum Gasteiger partial charge on any atom is 0.168 e. The smallest absolute Gasteiger partial charge is 0.168 e. The van der Waals surface area contributed by atoms with Gasteiger partial charge in [-0.25, -0.2) is 0 Å². The summed E-state index contributed by atoms with van der Waals surface area (Å²) in [6.07, 6.45) is 0.821. The van der Waals surface area contributed by atoms with E-state index in [9.17, 15) is 4.79 Å². The SMILES string of the molecule is CC1COCC(C2Cc3cc(Br)ccc3C2=O)N1. The number of Topliss-reactive ketones (excluding diaryl/α,β-unsaturated/α-hetero) is 1. The zero-order chi connectivity index (χ0) is 12.7. The second-order valence-corrected chi connectivity index (χ2v) is 6.10. The number of ether oxygens (including phenoxy) is 1. The van der Waals surface area contributed by atoms with E-state index in [4.69, 9.17) is 4.74 Å². The summed E-state index contributed by atoms with van der Waals surface area (Å²) in [6, 6.07) is 6.39. The van der Waals surface area contributed by atoms with Crippen LogP contribution in [-0.4, -0.2) is 31.1 Å². The monoisotopic (exact) mass is 309 g/mol. The van der Waals surface area contributed by atoms with Gasteiger partial charge in [-0.2, -0.15) is 0 Å². The molecule has 3 unspecified atom stereocenters. The van der Waals surface area contributed by atoms with Crippen LogP contribution in [0.5, 0.6) is 0 Å². The van der Waals surface area contributed by atoms with E-state index in [0.717, 1.165) is 28.6 Å². The van der Waals surface area contributed by atoms with Gasteiger partial charge in [-0.15, -0.1) is 0 Å². The molecule has 0 radical (unpaired) electrons. The number of ketones is 1. The van der Waals surface area contributed by atoms with Gasteiger partial charge < -0.3 is 10.1 Å². The van der Waals surface area contributed by atoms with Crippen LogP contribution in [0.15, 0.2) is 22.7 Å². The second-order valence-electron chi connectivity index (χ2n) is 5.19. The van der Waals surface area contributed by atoms with E-state index < -0.39 is 0 Å². The molecule has 1 aromatic carbocycles. The molecule has 3 atom stereocenters. The lowest BCUT2D eigenvalue weighted by Gasteiger charge is -2.32. The highest BCUT2D eigenvalue weighted by atomic mass is 79.9. The molecular formula is C14H16BrNO2. The molecule has 1 aliphatic heterocycles. The van der Waals surface area contributed by atoms with Crippen molar-refractivity contribution < 1.29 is 9.53 Å². The Kier molecular flexibility index (Phi) is 3.26. The summed E-state index contributed by atoms with van der Waals surface area (Å²) in [5, 5.41) is 3.48. The molecule has 1 N–H and O–H groups in total. The molecule has 0 saturated carbocycles. The van der Waals surface area contributed by atoms with Crippen LogP contribution in [0.2, 0.25) is 0 Å². The summed E-state index contributed by atoms with van der Waals surface area (Å²) in [6.45, 7) is 3.46. The number of rotatable bonds is 1. The molecule has 0 spiro atoms. The number of hydrogen-bond donors (Lipinski definition) is 1. The Labute approximate surface area is 115 Å². The van der Waals surface area contributed by atoms with Crippen LogP contribution in [0.25, 0.3) is 0 Å². The number of carbonyl (C=O) groups is 1. The third-order valence-corrected chi connectivity index (χ3v) is 4.25. The van der Waals surface area contributed by atoms with Crippen LogP contribution >= 0.6 is 15.9 Å². The lowest BCUT2D eigenvalue weighted by atomic mass is 9.94. The third-order valence-electron chi connectivity index (χ3n) is 3.76. The van der Waals surface area contributed by atoms with Gasteiger partial charge in [0.1, 0.15) is 0 Å². The van der Waals surface area contributed by atoms with Crippen molar-refractivity contribution in [2.45, 2.75) is 25.4 Å². The van der Waals surface area contributed by atoms with Crippen molar-refractivity contribution in [2.75, 3.05) is 13.2 Å². The number of nitrogens with one attached hydrogen (secondary N) is 1. The summed E-state index contributed by atoms with van der Waals surface area (Å²) in [5.74, 6) is 0.282. The van der Waals surface area contributed by atoms with Gasteiger partial charge in [-0.1, -0.05) is 22.0 Å². The normalized spacial score (nSPS) is 31.4. The van der Waals surface area contributed by atoms with Crippen molar-refractivity contribution in [2.24, 2.45) is 5.92 Å². The first-order valence-electron chi connectivity index (χ1n) is 6.31. The Hall–Kier alpha value is -0.710. The molecule has 0 bridgehead atoms. The molecule has 0 amide bonds. The summed E-state index contributed by atoms with van der Waals surface area (Å²) in [7, 11) is 0. The van der Waals surface area contributed by atoms with Crippen LogP contribution in [0, 0.1) is 5.92 Å². The molecule has 1 heterocycles. The second kappa shape index (κ2) is 4.76. The lowest BCUT2D eigenvalue weighted by Crippen LogP contribution is -2.52. The molecule has 4 heteroatoms. The fraction of sp³-hybridized carbons (Fsp3) is 0.500. The molecule has 1 fully saturated rings. The molecule has 3 rings (SSSR count). The van der Waals surface area contributed by atoms with Crippen LogP contribution in [0.1, 0.15) is 22.8 Å². The first-order valence-corrected chi connectivity index (χ1v) is 7.11. The lowest BCUT2D eigenvalue weighted by molar-refractivity contribution is 0.0321. The van der Waals surface area contributed by atoms with Gasteiger partial charge in [0.25, 0.3) is 0 Å². The highest BCUT2D eigenvalue weighted by Gasteiger charge is 2.38. The minimum absolute atomic E-state index is 0.0250. The maximum absolute atomic E-state index is 12.4. The largest absolute Gasteiger partial charge is 0.378 e. The highest BCUT2D eigenvalue weighted by molar-refractivity contribution is 9.10. The molecule has 2 aliphatic rings. The van der Waals surface area contributed by atoms with Gasteiger partial charge >= 0.3 is 0 Å². The first kappa shape index (κ1) is 12.3. The van der Waals surface area contributed by atoms with Crippen LogP contribution in [-0.2, 0) is 11.2 Å². The van der Waals surface area contributed by atoms with Gasteiger partial charge in [0.15, 0.2) is 5.78 Å². The average molecular weight is 310 g/mol. The summed E-state index contributed by atoms with van der Waals surface area (Å²) in [5.41, 5.74) is 2.03. The van der Waals surface area contributed by atoms with Crippen LogP contribution < -0.4 is 5.32 Å². The fourth-order valence-electron chi connectivity index (χ4n) is 2.89. The predicted octanol–water partition coefficient (Wildman–Crippen LogP) is 2.18. The summed E-state index contributed by atoms with van der Waals surface area (Å²) in [4.78, 5) is 12.4. The number of halogens is 1. The van der Waals surface area contributed by atoms with E-state index >= 15 is 0 Å². The molecule has 0 aromatic heterocycles. The highest BCUT2D eigenvalue weighted by Crippen LogP contribution is 2.31. The molecule has 1 aliphatic carbocycles. The van der Waals surface area contributed by atoms with E-state index in [-0.39, 0.29) is 17.7 Å². The molecule has 18 heavy (non-hydrogen) atoms. The summed E-state index contributed by atoms with van der Waals surface area (Å²) < 4.78 is 6.59. The van der Waals surface area contributed by atoms with Crippen molar-refractivity contribution in [3.63, 3.8) is 0 Å². The van der Waals surface area contributed by atoms with Crippen LogP contribution in [0.3, 0.4) is 0 Å². The number of hydrogen-bond acceptors (Lipinski definition) is 3. The number of fused-ring (bicyclic) bond motifs is 1. The van der Waals surface area contributed by atoms with E-state index in [2.05, 4.69) is 34.2 Å². The quantitative estimate of drug-likeness (QED) is 0.864. The molecule has 1 aromatic rings. The van der Waals surface area contributed by atoms with Crippen molar-refractivity contribution in [1.82, 2.24) is 5.32 Å². The van der Waals surface area contributed by atoms with E-state index in [1.165, 1.54) is 0 Å². The Morgan fingerprint density at radius 3 is 3.00 bits per heavy atom. The average Bonchev–Trinajstić information content (AvgIpc) is 2.66. The number of benzene rings is 1.